The van der Waals surface area contributed by atoms with Crippen LogP contribution >= 0.6 is 11.8 Å². The molecule has 3 rings (SSSR count). The van der Waals surface area contributed by atoms with Crippen LogP contribution in [0.3, 0.4) is 0 Å². The third-order valence-corrected chi connectivity index (χ3v) is 4.74. The Balaban J connectivity index is 1.78. The molecule has 0 atom stereocenters. The van der Waals surface area contributed by atoms with E-state index in [1.807, 2.05) is 57.2 Å². The summed E-state index contributed by atoms with van der Waals surface area (Å²) >= 11 is 1.71. The number of para-hydroxylation sites is 1. The molecule has 0 aromatic heterocycles. The molecular weight excluding hydrogens is 334 g/mol. The highest BCUT2D eigenvalue weighted by molar-refractivity contribution is 7.99. The van der Waals surface area contributed by atoms with Gasteiger partial charge in [0.25, 0.3) is 0 Å². The van der Waals surface area contributed by atoms with Crippen molar-refractivity contribution in [2.75, 3.05) is 5.32 Å². The Bertz CT molecular complexity index is 809. The number of fused-ring (bicyclic) bond motifs is 2. The molecule has 4 nitrogen and oxygen atoms in total. The number of anilines is 2. The zero-order valence-electron chi connectivity index (χ0n) is 15.2. The van der Waals surface area contributed by atoms with Gasteiger partial charge in [0.15, 0.2) is 5.60 Å². The predicted molar refractivity (Wildman–Crippen MR) is 101 cm³/mol. The topological polar surface area (TPSA) is 47.6 Å². The van der Waals surface area contributed by atoms with Crippen molar-refractivity contribution >= 4 is 29.1 Å². The molecule has 0 spiro atoms. The van der Waals surface area contributed by atoms with Gasteiger partial charge in [0.1, 0.15) is 11.4 Å². The normalized spacial score (nSPS) is 13.3. The molecule has 132 valence electrons. The molecule has 0 bridgehead atoms. The third-order valence-electron chi connectivity index (χ3n) is 3.59. The van der Waals surface area contributed by atoms with Gasteiger partial charge in [0, 0.05) is 15.9 Å². The van der Waals surface area contributed by atoms with Crippen molar-refractivity contribution in [3.8, 4) is 5.75 Å². The predicted octanol–water partition coefficient (Wildman–Crippen LogP) is 5.39. The highest BCUT2D eigenvalue weighted by Gasteiger charge is 2.35. The van der Waals surface area contributed by atoms with Crippen molar-refractivity contribution < 1.29 is 14.3 Å². The van der Waals surface area contributed by atoms with Crippen molar-refractivity contribution in [1.29, 1.82) is 0 Å². The lowest BCUT2D eigenvalue weighted by Gasteiger charge is -2.29. The van der Waals surface area contributed by atoms with Crippen LogP contribution < -0.4 is 10.1 Å². The van der Waals surface area contributed by atoms with E-state index in [9.17, 15) is 4.79 Å². The van der Waals surface area contributed by atoms with Gasteiger partial charge < -0.3 is 14.8 Å². The summed E-state index contributed by atoms with van der Waals surface area (Å²) in [6.07, 6.45) is 0. The molecule has 0 unspecified atom stereocenters. The first-order chi connectivity index (χ1) is 11.6. The molecule has 1 aliphatic heterocycles. The van der Waals surface area contributed by atoms with E-state index in [0.29, 0.717) is 5.75 Å². The molecule has 1 N–H and O–H groups in total. The molecule has 5 heteroatoms. The van der Waals surface area contributed by atoms with E-state index in [1.54, 1.807) is 25.6 Å². The number of esters is 1. The zero-order valence-corrected chi connectivity index (χ0v) is 16.0. The van der Waals surface area contributed by atoms with Crippen molar-refractivity contribution in [1.82, 2.24) is 0 Å². The molecule has 1 heterocycles. The molecule has 1 aliphatic rings. The van der Waals surface area contributed by atoms with Gasteiger partial charge in [-0.2, -0.15) is 0 Å². The molecule has 0 fully saturated rings. The minimum atomic E-state index is -1.07. The van der Waals surface area contributed by atoms with Gasteiger partial charge in [-0.15, -0.1) is 0 Å². The fourth-order valence-corrected chi connectivity index (χ4v) is 3.39. The Morgan fingerprint density at radius 1 is 0.960 bits per heavy atom. The quantitative estimate of drug-likeness (QED) is 0.637. The average molecular weight is 357 g/mol. The van der Waals surface area contributed by atoms with E-state index in [2.05, 4.69) is 11.4 Å². The fraction of sp³-hybridized carbons (Fsp3) is 0.350. The minimum Gasteiger partial charge on any atom is -0.476 e. The lowest BCUT2D eigenvalue weighted by Crippen LogP contribution is -2.43. The first-order valence-corrected chi connectivity index (χ1v) is 9.06. The van der Waals surface area contributed by atoms with Crippen LogP contribution in [0, 0.1) is 0 Å². The van der Waals surface area contributed by atoms with Crippen LogP contribution in [0.5, 0.6) is 5.75 Å². The monoisotopic (exact) mass is 357 g/mol. The summed E-state index contributed by atoms with van der Waals surface area (Å²) in [5.74, 6) is 0.243. The van der Waals surface area contributed by atoms with Crippen LogP contribution in [-0.2, 0) is 9.53 Å². The van der Waals surface area contributed by atoms with Gasteiger partial charge in [-0.25, -0.2) is 4.79 Å². The second-order valence-electron chi connectivity index (χ2n) is 7.50. The lowest BCUT2D eigenvalue weighted by atomic mass is 10.1. The Hall–Kier alpha value is -2.14. The van der Waals surface area contributed by atoms with Crippen molar-refractivity contribution in [3.63, 3.8) is 0 Å². The highest BCUT2D eigenvalue weighted by Crippen LogP contribution is 2.45. The third kappa shape index (κ3) is 4.10. The molecule has 0 aliphatic carbocycles. The number of nitrogens with one attached hydrogen (secondary N) is 1. The maximum Gasteiger partial charge on any atom is 0.350 e. The first-order valence-electron chi connectivity index (χ1n) is 8.24. The summed E-state index contributed by atoms with van der Waals surface area (Å²) in [7, 11) is 0. The smallest absolute Gasteiger partial charge is 0.350 e. The van der Waals surface area contributed by atoms with Gasteiger partial charge in [0.05, 0.1) is 11.4 Å². The summed E-state index contributed by atoms with van der Waals surface area (Å²) in [5, 5.41) is 3.42. The molecule has 2 aromatic carbocycles. The summed E-state index contributed by atoms with van der Waals surface area (Å²) in [6, 6.07) is 14.0. The second-order valence-corrected chi connectivity index (χ2v) is 8.58. The Morgan fingerprint density at radius 3 is 2.36 bits per heavy atom. The van der Waals surface area contributed by atoms with Crippen LogP contribution in [0.1, 0.15) is 34.6 Å². The van der Waals surface area contributed by atoms with Crippen molar-refractivity contribution in [2.45, 2.75) is 55.6 Å². The van der Waals surface area contributed by atoms with Crippen LogP contribution in [0.2, 0.25) is 0 Å². The summed E-state index contributed by atoms with van der Waals surface area (Å²) in [6.45, 7) is 8.98. The Morgan fingerprint density at radius 2 is 1.64 bits per heavy atom. The molecule has 2 aromatic rings. The molecule has 0 radical (unpaired) electrons. The summed E-state index contributed by atoms with van der Waals surface area (Å²) < 4.78 is 11.4. The van der Waals surface area contributed by atoms with Gasteiger partial charge in [0.2, 0.25) is 0 Å². The van der Waals surface area contributed by atoms with E-state index < -0.39 is 11.2 Å². The second kappa shape index (κ2) is 6.30. The molecule has 25 heavy (non-hydrogen) atoms. The van der Waals surface area contributed by atoms with E-state index in [0.717, 1.165) is 16.3 Å². The maximum atomic E-state index is 12.4. The summed E-state index contributed by atoms with van der Waals surface area (Å²) in [5.41, 5.74) is 0.432. The van der Waals surface area contributed by atoms with Crippen LogP contribution in [0.15, 0.2) is 52.3 Å². The lowest BCUT2D eigenvalue weighted by molar-refractivity contribution is -0.170. The zero-order chi connectivity index (χ0) is 18.2. The highest BCUT2D eigenvalue weighted by atomic mass is 32.2. The number of ether oxygens (including phenoxy) is 2. The first kappa shape index (κ1) is 17.7. The van der Waals surface area contributed by atoms with Gasteiger partial charge >= 0.3 is 5.97 Å². The molecule has 0 saturated heterocycles. The van der Waals surface area contributed by atoms with Gasteiger partial charge in [-0.05, 0) is 58.9 Å². The van der Waals surface area contributed by atoms with Crippen LogP contribution in [0.4, 0.5) is 11.4 Å². The number of hydrogen-bond acceptors (Lipinski definition) is 5. The standard InChI is InChI=1S/C20H23NO3S/c1-19(2,3)24-18(22)20(4,5)23-13-10-11-17-15(12-13)21-14-8-6-7-9-16(14)25-17/h6-12,21H,1-5H3. The SMILES string of the molecule is CC(C)(C)OC(=O)C(C)(C)Oc1ccc2c(c1)Nc1ccccc1S2. The number of carbonyl (C=O) groups is 1. The largest absolute Gasteiger partial charge is 0.476 e. The van der Waals surface area contributed by atoms with E-state index in [-0.39, 0.29) is 5.97 Å². The van der Waals surface area contributed by atoms with E-state index in [4.69, 9.17) is 9.47 Å². The minimum absolute atomic E-state index is 0.384. The van der Waals surface area contributed by atoms with Crippen LogP contribution in [0.25, 0.3) is 0 Å². The Labute approximate surface area is 152 Å². The molecular formula is C20H23NO3S. The van der Waals surface area contributed by atoms with Gasteiger partial charge in [-0.3, -0.25) is 0 Å². The summed E-state index contributed by atoms with van der Waals surface area (Å²) in [4.78, 5) is 14.7. The number of hydrogen-bond donors (Lipinski definition) is 1. The van der Waals surface area contributed by atoms with E-state index >= 15 is 0 Å². The Kier molecular flexibility index (Phi) is 4.45. The van der Waals surface area contributed by atoms with E-state index in [1.165, 1.54) is 4.90 Å². The molecule has 0 amide bonds. The van der Waals surface area contributed by atoms with Crippen molar-refractivity contribution in [2.24, 2.45) is 0 Å². The number of benzene rings is 2. The number of carbonyl (C=O) groups excluding carboxylic acids is 1. The maximum absolute atomic E-state index is 12.4. The van der Waals surface area contributed by atoms with Gasteiger partial charge in [-0.1, -0.05) is 23.9 Å². The van der Waals surface area contributed by atoms with Crippen LogP contribution in [-0.4, -0.2) is 17.2 Å². The average Bonchev–Trinajstić information content (AvgIpc) is 2.51. The molecule has 0 saturated carbocycles. The van der Waals surface area contributed by atoms with Crippen molar-refractivity contribution in [3.05, 3.63) is 42.5 Å². The number of rotatable bonds is 3. The fourth-order valence-electron chi connectivity index (χ4n) is 2.42.